The molecule has 0 spiro atoms. The molecule has 2 aliphatic rings. The number of halogens is 1. The van der Waals surface area contributed by atoms with Crippen molar-refractivity contribution in [3.05, 3.63) is 71.0 Å². The summed E-state index contributed by atoms with van der Waals surface area (Å²) in [6.45, 7) is 8.74. The minimum Gasteiger partial charge on any atom is -0.352 e. The summed E-state index contributed by atoms with van der Waals surface area (Å²) in [6.07, 6.45) is 1.51. The van der Waals surface area contributed by atoms with Crippen molar-refractivity contribution in [2.45, 2.75) is 32.9 Å². The van der Waals surface area contributed by atoms with E-state index in [0.717, 1.165) is 64.2 Å². The lowest BCUT2D eigenvalue weighted by molar-refractivity contribution is -0.134. The van der Waals surface area contributed by atoms with E-state index in [0.29, 0.717) is 13.1 Å². The van der Waals surface area contributed by atoms with Crippen molar-refractivity contribution in [3.8, 4) is 0 Å². The quantitative estimate of drug-likeness (QED) is 0.682. The van der Waals surface area contributed by atoms with Crippen LogP contribution in [0.2, 0.25) is 0 Å². The maximum absolute atomic E-state index is 13.0. The lowest BCUT2D eigenvalue weighted by Crippen LogP contribution is -2.51. The van der Waals surface area contributed by atoms with E-state index < -0.39 is 0 Å². The molecule has 0 radical (unpaired) electrons. The van der Waals surface area contributed by atoms with E-state index in [-0.39, 0.29) is 23.5 Å². The standard InChI is InChI=1S/C27H35FN4O2/c1-21-3-2-4-23(17-21)19-31-13-15-32(16-14-31)26(33)20-30-11-9-24(10-12-30)27(34)29-18-22-5-7-25(28)8-6-22/h2-8,17,24H,9-16,18-20H2,1H3,(H,29,34). The highest BCUT2D eigenvalue weighted by molar-refractivity contribution is 5.79. The van der Waals surface area contributed by atoms with Gasteiger partial charge in [0.1, 0.15) is 5.82 Å². The van der Waals surface area contributed by atoms with Gasteiger partial charge in [-0.2, -0.15) is 0 Å². The Hall–Kier alpha value is -2.77. The van der Waals surface area contributed by atoms with Crippen LogP contribution in [0.3, 0.4) is 0 Å². The molecule has 4 rings (SSSR count). The minimum atomic E-state index is -0.277. The summed E-state index contributed by atoms with van der Waals surface area (Å²) in [7, 11) is 0. The summed E-state index contributed by atoms with van der Waals surface area (Å²) < 4.78 is 13.0. The van der Waals surface area contributed by atoms with Gasteiger partial charge in [0.05, 0.1) is 6.54 Å². The first-order chi connectivity index (χ1) is 16.5. The van der Waals surface area contributed by atoms with Gasteiger partial charge in [-0.05, 0) is 56.1 Å². The highest BCUT2D eigenvalue weighted by Gasteiger charge is 2.28. The zero-order valence-electron chi connectivity index (χ0n) is 20.0. The molecule has 2 fully saturated rings. The predicted octanol–water partition coefficient (Wildman–Crippen LogP) is 2.81. The van der Waals surface area contributed by atoms with Gasteiger partial charge in [-0.3, -0.25) is 19.4 Å². The van der Waals surface area contributed by atoms with E-state index in [1.807, 2.05) is 4.90 Å². The smallest absolute Gasteiger partial charge is 0.236 e. The minimum absolute atomic E-state index is 0.0306. The van der Waals surface area contributed by atoms with E-state index >= 15 is 0 Å². The fraction of sp³-hybridized carbons (Fsp3) is 0.481. The molecule has 0 atom stereocenters. The average molecular weight is 467 g/mol. The number of rotatable bonds is 7. The maximum atomic E-state index is 13.0. The van der Waals surface area contributed by atoms with Gasteiger partial charge in [0.15, 0.2) is 0 Å². The first-order valence-corrected chi connectivity index (χ1v) is 12.3. The number of hydrogen-bond donors (Lipinski definition) is 1. The van der Waals surface area contributed by atoms with Crippen LogP contribution in [0.15, 0.2) is 48.5 Å². The molecule has 0 bridgehead atoms. The van der Waals surface area contributed by atoms with Gasteiger partial charge in [0.2, 0.25) is 11.8 Å². The second-order valence-electron chi connectivity index (χ2n) is 9.54. The van der Waals surface area contributed by atoms with Gasteiger partial charge in [-0.25, -0.2) is 4.39 Å². The number of amides is 2. The van der Waals surface area contributed by atoms with Crippen LogP contribution in [0, 0.1) is 18.7 Å². The third-order valence-electron chi connectivity index (χ3n) is 6.91. The highest BCUT2D eigenvalue weighted by Crippen LogP contribution is 2.18. The van der Waals surface area contributed by atoms with Gasteiger partial charge in [-0.15, -0.1) is 0 Å². The number of nitrogens with zero attached hydrogens (tertiary/aromatic N) is 3. The Morgan fingerprint density at radius 3 is 2.29 bits per heavy atom. The Kier molecular flexibility index (Phi) is 8.29. The van der Waals surface area contributed by atoms with Crippen LogP contribution in [0.25, 0.3) is 0 Å². The largest absolute Gasteiger partial charge is 0.352 e. The molecule has 7 heteroatoms. The summed E-state index contributed by atoms with van der Waals surface area (Å²) in [5.74, 6) is -0.0763. The van der Waals surface area contributed by atoms with Crippen molar-refractivity contribution in [3.63, 3.8) is 0 Å². The lowest BCUT2D eigenvalue weighted by Gasteiger charge is -2.37. The molecule has 34 heavy (non-hydrogen) atoms. The molecular weight excluding hydrogens is 431 g/mol. The molecule has 2 aliphatic heterocycles. The molecule has 2 aromatic rings. The number of benzene rings is 2. The van der Waals surface area contributed by atoms with Crippen molar-refractivity contribution in [1.82, 2.24) is 20.0 Å². The fourth-order valence-electron chi connectivity index (χ4n) is 4.80. The van der Waals surface area contributed by atoms with Crippen molar-refractivity contribution in [2.75, 3.05) is 45.8 Å². The summed E-state index contributed by atoms with van der Waals surface area (Å²) >= 11 is 0. The normalized spacial score (nSPS) is 18.1. The number of piperidine rings is 1. The first kappa shape index (κ1) is 24.4. The van der Waals surface area contributed by atoms with Gasteiger partial charge >= 0.3 is 0 Å². The number of aryl methyl sites for hydroxylation is 1. The van der Waals surface area contributed by atoms with Crippen molar-refractivity contribution >= 4 is 11.8 Å². The van der Waals surface area contributed by atoms with Crippen LogP contribution in [0.5, 0.6) is 0 Å². The number of likely N-dealkylation sites (tertiary alicyclic amines) is 1. The topological polar surface area (TPSA) is 55.9 Å². The summed E-state index contributed by atoms with van der Waals surface area (Å²) in [6, 6.07) is 14.8. The van der Waals surface area contributed by atoms with Crippen molar-refractivity contribution in [1.29, 1.82) is 0 Å². The number of carbonyl (C=O) groups excluding carboxylic acids is 2. The summed E-state index contributed by atoms with van der Waals surface area (Å²) in [5.41, 5.74) is 3.49. The predicted molar refractivity (Wildman–Crippen MR) is 130 cm³/mol. The van der Waals surface area contributed by atoms with Crippen LogP contribution in [0.1, 0.15) is 29.5 Å². The zero-order chi connectivity index (χ0) is 23.9. The van der Waals surface area contributed by atoms with E-state index in [2.05, 4.69) is 46.3 Å². The zero-order valence-corrected chi connectivity index (χ0v) is 20.0. The van der Waals surface area contributed by atoms with Gasteiger partial charge < -0.3 is 10.2 Å². The monoisotopic (exact) mass is 466 g/mol. The number of nitrogens with one attached hydrogen (secondary N) is 1. The molecule has 0 saturated carbocycles. The van der Waals surface area contributed by atoms with Crippen LogP contribution < -0.4 is 5.32 Å². The molecule has 0 unspecified atom stereocenters. The Bertz CT molecular complexity index is 965. The number of hydrogen-bond acceptors (Lipinski definition) is 4. The molecular formula is C27H35FN4O2. The molecule has 0 aliphatic carbocycles. The van der Waals surface area contributed by atoms with E-state index in [4.69, 9.17) is 0 Å². The Labute approximate surface area is 201 Å². The second kappa shape index (κ2) is 11.6. The van der Waals surface area contributed by atoms with E-state index in [1.165, 1.54) is 23.3 Å². The SMILES string of the molecule is Cc1cccc(CN2CCN(C(=O)CN3CCC(C(=O)NCc4ccc(F)cc4)CC3)CC2)c1. The highest BCUT2D eigenvalue weighted by atomic mass is 19.1. The Morgan fingerprint density at radius 1 is 0.912 bits per heavy atom. The number of piperazine rings is 1. The first-order valence-electron chi connectivity index (χ1n) is 12.3. The molecule has 2 amide bonds. The third-order valence-corrected chi connectivity index (χ3v) is 6.91. The van der Waals surface area contributed by atoms with Crippen molar-refractivity contribution < 1.29 is 14.0 Å². The molecule has 1 N–H and O–H groups in total. The van der Waals surface area contributed by atoms with E-state index in [1.54, 1.807) is 12.1 Å². The van der Waals surface area contributed by atoms with Gasteiger partial charge in [0, 0.05) is 45.2 Å². The molecule has 2 aromatic carbocycles. The maximum Gasteiger partial charge on any atom is 0.236 e. The molecule has 2 heterocycles. The van der Waals surface area contributed by atoms with Gasteiger partial charge in [-0.1, -0.05) is 42.0 Å². The van der Waals surface area contributed by atoms with Crippen LogP contribution in [-0.2, 0) is 22.7 Å². The molecule has 2 saturated heterocycles. The molecule has 6 nitrogen and oxygen atoms in total. The fourth-order valence-corrected chi connectivity index (χ4v) is 4.80. The Morgan fingerprint density at radius 2 is 1.62 bits per heavy atom. The van der Waals surface area contributed by atoms with E-state index in [9.17, 15) is 14.0 Å². The van der Waals surface area contributed by atoms with Crippen molar-refractivity contribution in [2.24, 2.45) is 5.92 Å². The van der Waals surface area contributed by atoms with Crippen LogP contribution in [0.4, 0.5) is 4.39 Å². The van der Waals surface area contributed by atoms with Gasteiger partial charge in [0.25, 0.3) is 0 Å². The number of carbonyl (C=O) groups is 2. The van der Waals surface area contributed by atoms with Crippen LogP contribution in [-0.4, -0.2) is 72.3 Å². The summed E-state index contributed by atoms with van der Waals surface area (Å²) in [4.78, 5) is 31.9. The van der Waals surface area contributed by atoms with Crippen LogP contribution >= 0.6 is 0 Å². The second-order valence-corrected chi connectivity index (χ2v) is 9.54. The third kappa shape index (κ3) is 6.87. The summed E-state index contributed by atoms with van der Waals surface area (Å²) in [5, 5.41) is 2.96. The molecule has 0 aromatic heterocycles. The molecule has 182 valence electrons. The average Bonchev–Trinajstić information content (AvgIpc) is 2.84. The lowest BCUT2D eigenvalue weighted by atomic mass is 9.95. The Balaban J connectivity index is 1.14.